The molecule has 2 atom stereocenters. The Bertz CT molecular complexity index is 374. The zero-order valence-corrected chi connectivity index (χ0v) is 11.0. The smallest absolute Gasteiger partial charge is 0.131 e. The number of nitrogens with two attached hydrogens (primary N) is 1. The van der Waals surface area contributed by atoms with E-state index in [1.54, 1.807) is 14.2 Å². The molecule has 2 rings (SSSR count). The van der Waals surface area contributed by atoms with Gasteiger partial charge in [0, 0.05) is 33.5 Å². The molecule has 0 radical (unpaired) electrons. The molecular weight excluding hydrogens is 230 g/mol. The van der Waals surface area contributed by atoms with E-state index in [-0.39, 0.29) is 12.2 Å². The fourth-order valence-corrected chi connectivity index (χ4v) is 2.44. The predicted octanol–water partition coefficient (Wildman–Crippen LogP) is 0.433. The number of anilines is 1. The van der Waals surface area contributed by atoms with Crippen LogP contribution in [0, 0.1) is 0 Å². The summed E-state index contributed by atoms with van der Waals surface area (Å²) in [5.74, 6) is 1.00. The van der Waals surface area contributed by atoms with Crippen molar-refractivity contribution in [3.63, 3.8) is 0 Å². The molecule has 2 heterocycles. The maximum absolute atomic E-state index is 5.64. The number of aromatic nitrogens is 1. The van der Waals surface area contributed by atoms with Crippen LogP contribution in [0.15, 0.2) is 18.3 Å². The summed E-state index contributed by atoms with van der Waals surface area (Å²) >= 11 is 0. The average Bonchev–Trinajstić information content (AvgIpc) is 2.83. The molecule has 1 aromatic rings. The Hall–Kier alpha value is -1.17. The Morgan fingerprint density at radius 2 is 2.00 bits per heavy atom. The second kappa shape index (κ2) is 6.13. The molecule has 1 saturated heterocycles. The summed E-state index contributed by atoms with van der Waals surface area (Å²) in [5, 5.41) is 0. The molecule has 1 aliphatic heterocycles. The quantitative estimate of drug-likeness (QED) is 0.822. The molecule has 5 nitrogen and oxygen atoms in total. The first kappa shape index (κ1) is 13.3. The van der Waals surface area contributed by atoms with Gasteiger partial charge < -0.3 is 20.1 Å². The van der Waals surface area contributed by atoms with Gasteiger partial charge in [-0.25, -0.2) is 4.98 Å². The van der Waals surface area contributed by atoms with E-state index in [9.17, 15) is 0 Å². The second-order valence-electron chi connectivity index (χ2n) is 4.48. The van der Waals surface area contributed by atoms with Gasteiger partial charge in [-0.1, -0.05) is 6.07 Å². The van der Waals surface area contributed by atoms with Crippen LogP contribution in [0.25, 0.3) is 0 Å². The van der Waals surface area contributed by atoms with Gasteiger partial charge in [-0.15, -0.1) is 0 Å². The Morgan fingerprint density at radius 3 is 2.56 bits per heavy atom. The van der Waals surface area contributed by atoms with Crippen LogP contribution in [0.1, 0.15) is 5.56 Å². The first-order chi connectivity index (χ1) is 8.80. The van der Waals surface area contributed by atoms with Crippen LogP contribution in [0.3, 0.4) is 0 Å². The summed E-state index contributed by atoms with van der Waals surface area (Å²) in [6.45, 7) is 2.25. The van der Waals surface area contributed by atoms with Crippen molar-refractivity contribution in [3.05, 3.63) is 23.9 Å². The minimum Gasteiger partial charge on any atom is -0.377 e. The van der Waals surface area contributed by atoms with Crippen LogP contribution in [0.4, 0.5) is 5.82 Å². The minimum absolute atomic E-state index is 0.0998. The van der Waals surface area contributed by atoms with E-state index in [1.807, 2.05) is 12.3 Å². The second-order valence-corrected chi connectivity index (χ2v) is 4.48. The summed E-state index contributed by atoms with van der Waals surface area (Å²) in [6, 6.07) is 4.03. The van der Waals surface area contributed by atoms with E-state index in [4.69, 9.17) is 15.2 Å². The predicted molar refractivity (Wildman–Crippen MR) is 70.8 cm³/mol. The highest BCUT2D eigenvalue weighted by Crippen LogP contribution is 2.24. The highest BCUT2D eigenvalue weighted by atomic mass is 16.5. The molecule has 100 valence electrons. The van der Waals surface area contributed by atoms with Gasteiger partial charge in [0.2, 0.25) is 0 Å². The number of ether oxygens (including phenoxy) is 2. The van der Waals surface area contributed by atoms with Crippen molar-refractivity contribution in [2.75, 3.05) is 38.8 Å². The fourth-order valence-electron chi connectivity index (χ4n) is 2.44. The van der Waals surface area contributed by atoms with E-state index in [1.165, 1.54) is 5.56 Å². The molecule has 1 aliphatic rings. The van der Waals surface area contributed by atoms with Gasteiger partial charge in [-0.3, -0.25) is 0 Å². The van der Waals surface area contributed by atoms with Crippen molar-refractivity contribution >= 4 is 5.82 Å². The van der Waals surface area contributed by atoms with Crippen molar-refractivity contribution in [1.29, 1.82) is 0 Å². The maximum Gasteiger partial charge on any atom is 0.131 e. The van der Waals surface area contributed by atoms with Gasteiger partial charge in [-0.05, 0) is 24.6 Å². The first-order valence-corrected chi connectivity index (χ1v) is 6.24. The zero-order chi connectivity index (χ0) is 13.0. The van der Waals surface area contributed by atoms with Crippen LogP contribution in [-0.4, -0.2) is 51.0 Å². The molecule has 0 aromatic carbocycles. The van der Waals surface area contributed by atoms with E-state index < -0.39 is 0 Å². The van der Waals surface area contributed by atoms with Crippen LogP contribution in [-0.2, 0) is 15.9 Å². The lowest BCUT2D eigenvalue weighted by molar-refractivity contribution is -0.00461. The summed E-state index contributed by atoms with van der Waals surface area (Å²) in [5.41, 5.74) is 6.83. The van der Waals surface area contributed by atoms with Crippen molar-refractivity contribution in [2.24, 2.45) is 5.73 Å². The minimum atomic E-state index is 0.0998. The summed E-state index contributed by atoms with van der Waals surface area (Å²) in [7, 11) is 3.44. The number of rotatable bonds is 5. The van der Waals surface area contributed by atoms with E-state index in [0.717, 1.165) is 25.3 Å². The number of hydrogen-bond donors (Lipinski definition) is 1. The molecule has 1 aromatic heterocycles. The van der Waals surface area contributed by atoms with Crippen LogP contribution >= 0.6 is 0 Å². The number of hydrogen-bond acceptors (Lipinski definition) is 5. The van der Waals surface area contributed by atoms with Crippen molar-refractivity contribution in [2.45, 2.75) is 18.6 Å². The average molecular weight is 251 g/mol. The molecule has 0 amide bonds. The molecular formula is C13H21N3O2. The largest absolute Gasteiger partial charge is 0.377 e. The van der Waals surface area contributed by atoms with Gasteiger partial charge in [0.05, 0.1) is 0 Å². The van der Waals surface area contributed by atoms with Gasteiger partial charge in [0.25, 0.3) is 0 Å². The third kappa shape index (κ3) is 2.63. The van der Waals surface area contributed by atoms with Crippen molar-refractivity contribution in [3.8, 4) is 0 Å². The van der Waals surface area contributed by atoms with Crippen LogP contribution < -0.4 is 10.6 Å². The topological polar surface area (TPSA) is 60.6 Å². The molecule has 2 unspecified atom stereocenters. The normalized spacial score (nSPS) is 23.6. The molecule has 0 saturated carbocycles. The van der Waals surface area contributed by atoms with Gasteiger partial charge in [-0.2, -0.15) is 0 Å². The maximum atomic E-state index is 5.64. The monoisotopic (exact) mass is 251 g/mol. The summed E-state index contributed by atoms with van der Waals surface area (Å²) < 4.78 is 10.9. The number of pyridine rings is 1. The highest BCUT2D eigenvalue weighted by molar-refractivity contribution is 5.48. The van der Waals surface area contributed by atoms with Crippen molar-refractivity contribution in [1.82, 2.24) is 4.98 Å². The molecule has 0 spiro atoms. The summed E-state index contributed by atoms with van der Waals surface area (Å²) in [6.07, 6.45) is 2.86. The lowest BCUT2D eigenvalue weighted by Gasteiger charge is -2.19. The molecule has 2 N–H and O–H groups in total. The lowest BCUT2D eigenvalue weighted by atomic mass is 10.2. The van der Waals surface area contributed by atoms with Crippen LogP contribution in [0.2, 0.25) is 0 Å². The van der Waals surface area contributed by atoms with E-state index >= 15 is 0 Å². The highest BCUT2D eigenvalue weighted by Gasteiger charge is 2.34. The Labute approximate surface area is 108 Å². The standard InChI is InChI=1S/C13H21N3O2/c1-17-11-8-16(9-12(11)18-2)13-10(5-6-14)4-3-7-15-13/h3-4,7,11-12H,5-6,8-9,14H2,1-2H3. The van der Waals surface area contributed by atoms with Gasteiger partial charge >= 0.3 is 0 Å². The molecule has 0 aliphatic carbocycles. The van der Waals surface area contributed by atoms with E-state index in [2.05, 4.69) is 16.0 Å². The lowest BCUT2D eigenvalue weighted by Crippen LogP contribution is -2.27. The van der Waals surface area contributed by atoms with Crippen LogP contribution in [0.5, 0.6) is 0 Å². The Morgan fingerprint density at radius 1 is 1.33 bits per heavy atom. The third-order valence-electron chi connectivity index (χ3n) is 3.40. The zero-order valence-electron chi connectivity index (χ0n) is 11.0. The van der Waals surface area contributed by atoms with E-state index in [0.29, 0.717) is 6.54 Å². The first-order valence-electron chi connectivity index (χ1n) is 6.24. The Balaban J connectivity index is 2.17. The Kier molecular flexibility index (Phi) is 4.52. The fraction of sp³-hybridized carbons (Fsp3) is 0.615. The number of nitrogens with zero attached hydrogens (tertiary/aromatic N) is 2. The van der Waals surface area contributed by atoms with Gasteiger partial charge in [0.15, 0.2) is 0 Å². The third-order valence-corrected chi connectivity index (χ3v) is 3.40. The summed E-state index contributed by atoms with van der Waals surface area (Å²) in [4.78, 5) is 6.69. The molecule has 0 bridgehead atoms. The number of methoxy groups -OCH3 is 2. The molecule has 1 fully saturated rings. The molecule has 18 heavy (non-hydrogen) atoms. The SMILES string of the molecule is COC1CN(c2ncccc2CCN)CC1OC. The van der Waals surface area contributed by atoms with Gasteiger partial charge in [0.1, 0.15) is 18.0 Å². The van der Waals surface area contributed by atoms with Crippen molar-refractivity contribution < 1.29 is 9.47 Å². The molecule has 5 heteroatoms.